The van der Waals surface area contributed by atoms with Crippen molar-refractivity contribution >= 4 is 17.3 Å². The van der Waals surface area contributed by atoms with Crippen molar-refractivity contribution < 1.29 is 9.53 Å². The van der Waals surface area contributed by atoms with Crippen LogP contribution < -0.4 is 15.0 Å². The Morgan fingerprint density at radius 3 is 2.82 bits per heavy atom. The van der Waals surface area contributed by atoms with E-state index in [2.05, 4.69) is 11.4 Å². The summed E-state index contributed by atoms with van der Waals surface area (Å²) in [5.74, 6) is 0.857. The molecular weight excluding hydrogens is 276 g/mol. The Labute approximate surface area is 130 Å². The number of benzene rings is 2. The highest BCUT2D eigenvalue weighted by atomic mass is 16.5. The van der Waals surface area contributed by atoms with Crippen LogP contribution in [0.1, 0.15) is 12.5 Å². The number of fused-ring (bicyclic) bond motifs is 1. The van der Waals surface area contributed by atoms with Crippen LogP contribution in [0.25, 0.3) is 0 Å². The molecule has 3 rings (SSSR count). The summed E-state index contributed by atoms with van der Waals surface area (Å²) in [4.78, 5) is 14.3. The first kappa shape index (κ1) is 14.4. The molecule has 1 aliphatic heterocycles. The van der Waals surface area contributed by atoms with E-state index in [9.17, 15) is 4.79 Å². The van der Waals surface area contributed by atoms with E-state index in [0.717, 1.165) is 30.1 Å². The van der Waals surface area contributed by atoms with Gasteiger partial charge in [0.1, 0.15) is 5.75 Å². The van der Waals surface area contributed by atoms with Gasteiger partial charge in [-0.3, -0.25) is 4.79 Å². The number of amides is 1. The van der Waals surface area contributed by atoms with E-state index >= 15 is 0 Å². The average Bonchev–Trinajstić information content (AvgIpc) is 2.98. The van der Waals surface area contributed by atoms with Gasteiger partial charge in [-0.15, -0.1) is 0 Å². The fourth-order valence-electron chi connectivity index (χ4n) is 2.76. The first-order chi connectivity index (χ1) is 10.8. The van der Waals surface area contributed by atoms with E-state index < -0.39 is 0 Å². The van der Waals surface area contributed by atoms with Gasteiger partial charge < -0.3 is 15.0 Å². The summed E-state index contributed by atoms with van der Waals surface area (Å²) >= 11 is 0. The molecule has 0 bridgehead atoms. The van der Waals surface area contributed by atoms with E-state index in [0.29, 0.717) is 6.61 Å². The minimum Gasteiger partial charge on any atom is -0.492 e. The molecule has 1 heterocycles. The molecule has 4 heteroatoms. The third-order valence-electron chi connectivity index (χ3n) is 3.81. The van der Waals surface area contributed by atoms with Gasteiger partial charge in [0, 0.05) is 12.2 Å². The maximum absolute atomic E-state index is 12.5. The van der Waals surface area contributed by atoms with Crippen molar-refractivity contribution in [3.8, 4) is 5.75 Å². The number of carbonyl (C=O) groups excluding carboxylic acids is 1. The predicted molar refractivity (Wildman–Crippen MR) is 88.6 cm³/mol. The topological polar surface area (TPSA) is 41.6 Å². The molecule has 0 atom stereocenters. The van der Waals surface area contributed by atoms with Crippen LogP contribution in [0.15, 0.2) is 48.5 Å². The zero-order valence-corrected chi connectivity index (χ0v) is 12.7. The van der Waals surface area contributed by atoms with E-state index in [1.165, 1.54) is 5.56 Å². The minimum atomic E-state index is 0.0799. The Balaban J connectivity index is 1.67. The van der Waals surface area contributed by atoms with Crippen LogP contribution >= 0.6 is 0 Å². The van der Waals surface area contributed by atoms with Crippen LogP contribution in [0, 0.1) is 0 Å². The van der Waals surface area contributed by atoms with Gasteiger partial charge in [-0.25, -0.2) is 0 Å². The number of rotatable bonds is 5. The molecule has 0 saturated heterocycles. The fourth-order valence-corrected chi connectivity index (χ4v) is 2.76. The van der Waals surface area contributed by atoms with Crippen LogP contribution in [0.5, 0.6) is 5.75 Å². The normalized spacial score (nSPS) is 12.9. The van der Waals surface area contributed by atoms with Crippen LogP contribution in [-0.4, -0.2) is 25.6 Å². The standard InChI is InChI=1S/C18H20N2O2/c1-2-22-17-10-6-4-8-15(17)19-13-18(21)20-12-11-14-7-3-5-9-16(14)20/h3-10,19H,2,11-13H2,1H3. The highest BCUT2D eigenvalue weighted by Gasteiger charge is 2.23. The number of hydrogen-bond acceptors (Lipinski definition) is 3. The number of para-hydroxylation sites is 3. The molecule has 1 aliphatic rings. The Kier molecular flexibility index (Phi) is 4.28. The zero-order valence-electron chi connectivity index (χ0n) is 12.7. The summed E-state index contributed by atoms with van der Waals surface area (Å²) in [5, 5.41) is 3.19. The van der Waals surface area contributed by atoms with Crippen molar-refractivity contribution in [2.24, 2.45) is 0 Å². The molecule has 2 aromatic rings. The van der Waals surface area contributed by atoms with Gasteiger partial charge in [-0.05, 0) is 37.1 Å². The molecule has 0 fully saturated rings. The number of nitrogens with zero attached hydrogens (tertiary/aromatic N) is 1. The quantitative estimate of drug-likeness (QED) is 0.922. The third kappa shape index (κ3) is 2.91. The van der Waals surface area contributed by atoms with E-state index in [1.807, 2.05) is 54.3 Å². The molecule has 1 amide bonds. The highest BCUT2D eigenvalue weighted by molar-refractivity contribution is 5.98. The van der Waals surface area contributed by atoms with Crippen molar-refractivity contribution in [1.29, 1.82) is 0 Å². The van der Waals surface area contributed by atoms with Crippen molar-refractivity contribution in [2.45, 2.75) is 13.3 Å². The Hall–Kier alpha value is -2.49. The highest BCUT2D eigenvalue weighted by Crippen LogP contribution is 2.28. The van der Waals surface area contributed by atoms with Gasteiger partial charge in [0.2, 0.25) is 5.91 Å². The van der Waals surface area contributed by atoms with Crippen molar-refractivity contribution in [3.05, 3.63) is 54.1 Å². The van der Waals surface area contributed by atoms with E-state index in [1.54, 1.807) is 0 Å². The van der Waals surface area contributed by atoms with Crippen LogP contribution in [0.3, 0.4) is 0 Å². The van der Waals surface area contributed by atoms with E-state index in [-0.39, 0.29) is 12.5 Å². The minimum absolute atomic E-state index is 0.0799. The lowest BCUT2D eigenvalue weighted by molar-refractivity contribution is -0.116. The summed E-state index contributed by atoms with van der Waals surface area (Å²) in [6.45, 7) is 3.57. The number of anilines is 2. The second-order valence-electron chi connectivity index (χ2n) is 5.21. The average molecular weight is 296 g/mol. The predicted octanol–water partition coefficient (Wildman–Crippen LogP) is 3.09. The maximum atomic E-state index is 12.5. The fraction of sp³-hybridized carbons (Fsp3) is 0.278. The molecule has 4 nitrogen and oxygen atoms in total. The molecule has 0 unspecified atom stereocenters. The van der Waals surface area contributed by atoms with Crippen molar-refractivity contribution in [3.63, 3.8) is 0 Å². The lowest BCUT2D eigenvalue weighted by atomic mass is 10.2. The van der Waals surface area contributed by atoms with Crippen molar-refractivity contribution in [1.82, 2.24) is 0 Å². The van der Waals surface area contributed by atoms with Crippen molar-refractivity contribution in [2.75, 3.05) is 29.9 Å². The van der Waals surface area contributed by atoms with Crippen LogP contribution in [0.4, 0.5) is 11.4 Å². The van der Waals surface area contributed by atoms with Gasteiger partial charge in [-0.1, -0.05) is 30.3 Å². The molecule has 0 saturated carbocycles. The molecule has 0 radical (unpaired) electrons. The maximum Gasteiger partial charge on any atom is 0.246 e. The molecule has 114 valence electrons. The van der Waals surface area contributed by atoms with Gasteiger partial charge in [0.15, 0.2) is 0 Å². The molecule has 0 spiro atoms. The molecule has 0 aromatic heterocycles. The summed E-state index contributed by atoms with van der Waals surface area (Å²) in [7, 11) is 0. The second-order valence-corrected chi connectivity index (χ2v) is 5.21. The number of ether oxygens (including phenoxy) is 1. The molecule has 2 aromatic carbocycles. The second kappa shape index (κ2) is 6.52. The van der Waals surface area contributed by atoms with Gasteiger partial charge in [-0.2, -0.15) is 0 Å². The number of nitrogens with one attached hydrogen (secondary N) is 1. The van der Waals surface area contributed by atoms with E-state index in [4.69, 9.17) is 4.74 Å². The Morgan fingerprint density at radius 2 is 1.95 bits per heavy atom. The monoisotopic (exact) mass is 296 g/mol. The SMILES string of the molecule is CCOc1ccccc1NCC(=O)N1CCc2ccccc21. The molecule has 1 N–H and O–H groups in total. The lowest BCUT2D eigenvalue weighted by Gasteiger charge is -2.18. The molecule has 22 heavy (non-hydrogen) atoms. The third-order valence-corrected chi connectivity index (χ3v) is 3.81. The van der Waals surface area contributed by atoms with Crippen LogP contribution in [0.2, 0.25) is 0 Å². The smallest absolute Gasteiger partial charge is 0.246 e. The Morgan fingerprint density at radius 1 is 1.18 bits per heavy atom. The summed E-state index contributed by atoms with van der Waals surface area (Å²) in [5.41, 5.74) is 3.13. The number of hydrogen-bond donors (Lipinski definition) is 1. The molecular formula is C18H20N2O2. The summed E-state index contributed by atoms with van der Waals surface area (Å²) < 4.78 is 5.56. The van der Waals surface area contributed by atoms with Gasteiger partial charge in [0.05, 0.1) is 18.8 Å². The van der Waals surface area contributed by atoms with Gasteiger partial charge in [0.25, 0.3) is 0 Å². The number of carbonyl (C=O) groups is 1. The zero-order chi connectivity index (χ0) is 15.4. The lowest BCUT2D eigenvalue weighted by Crippen LogP contribution is -2.34. The first-order valence-corrected chi connectivity index (χ1v) is 7.63. The summed E-state index contributed by atoms with van der Waals surface area (Å²) in [6, 6.07) is 15.8. The largest absolute Gasteiger partial charge is 0.492 e. The van der Waals surface area contributed by atoms with Crippen LogP contribution in [-0.2, 0) is 11.2 Å². The summed E-state index contributed by atoms with van der Waals surface area (Å²) in [6.07, 6.45) is 0.928. The molecule has 0 aliphatic carbocycles. The van der Waals surface area contributed by atoms with Gasteiger partial charge >= 0.3 is 0 Å². The first-order valence-electron chi connectivity index (χ1n) is 7.63. The Bertz CT molecular complexity index is 670.